The van der Waals surface area contributed by atoms with Crippen LogP contribution in [0.1, 0.15) is 31.4 Å². The summed E-state index contributed by atoms with van der Waals surface area (Å²) in [5.74, 6) is 0.278. The molecule has 0 aliphatic heterocycles. The Morgan fingerprint density at radius 3 is 2.53 bits per heavy atom. The van der Waals surface area contributed by atoms with E-state index in [2.05, 4.69) is 39.4 Å². The van der Waals surface area contributed by atoms with Gasteiger partial charge in [0.25, 0.3) is 0 Å². The zero-order chi connectivity index (χ0) is 20.8. The molecule has 1 amide bonds. The molecule has 0 radical (unpaired) electrons. The van der Waals surface area contributed by atoms with Crippen LogP contribution < -0.4 is 5.32 Å². The quantitative estimate of drug-likeness (QED) is 0.336. The number of hydrogen-bond donors (Lipinski definition) is 1. The van der Waals surface area contributed by atoms with Gasteiger partial charge in [0.05, 0.1) is 29.1 Å². The van der Waals surface area contributed by atoms with Crippen molar-refractivity contribution in [3.8, 4) is 5.69 Å². The van der Waals surface area contributed by atoms with Crippen LogP contribution in [-0.4, -0.2) is 31.4 Å². The predicted molar refractivity (Wildman–Crippen MR) is 120 cm³/mol. The second-order valence-electron chi connectivity index (χ2n) is 6.92. The zero-order valence-corrected chi connectivity index (χ0v) is 17.5. The molecule has 0 saturated heterocycles. The lowest BCUT2D eigenvalue weighted by molar-refractivity contribution is -0.119. The summed E-state index contributed by atoms with van der Waals surface area (Å²) in [7, 11) is 0. The van der Waals surface area contributed by atoms with E-state index >= 15 is 0 Å². The lowest BCUT2D eigenvalue weighted by Gasteiger charge is -2.18. The van der Waals surface area contributed by atoms with E-state index in [1.807, 2.05) is 48.5 Å². The molecule has 2 heterocycles. The fraction of sp³-hybridized carbons (Fsp3) is 0.217. The van der Waals surface area contributed by atoms with Crippen molar-refractivity contribution in [1.29, 1.82) is 0 Å². The number of benzene rings is 2. The van der Waals surface area contributed by atoms with Crippen LogP contribution in [-0.2, 0) is 4.79 Å². The average molecular weight is 418 g/mol. The molecular formula is C23H23N5OS. The van der Waals surface area contributed by atoms with Crippen LogP contribution in [0.5, 0.6) is 0 Å². The van der Waals surface area contributed by atoms with Crippen LogP contribution in [0.4, 0.5) is 0 Å². The Labute approximate surface area is 179 Å². The summed E-state index contributed by atoms with van der Waals surface area (Å²) in [5.41, 5.74) is 2.80. The van der Waals surface area contributed by atoms with Gasteiger partial charge in [0.15, 0.2) is 5.65 Å². The van der Waals surface area contributed by atoms with Gasteiger partial charge in [0.2, 0.25) is 5.91 Å². The summed E-state index contributed by atoms with van der Waals surface area (Å²) in [4.78, 5) is 21.4. The van der Waals surface area contributed by atoms with Crippen molar-refractivity contribution in [2.24, 2.45) is 0 Å². The summed E-state index contributed by atoms with van der Waals surface area (Å²) in [5, 5.41) is 9.22. The third-order valence-corrected chi connectivity index (χ3v) is 5.79. The average Bonchev–Trinajstić information content (AvgIpc) is 3.23. The number of carbonyl (C=O) groups is 1. The van der Waals surface area contributed by atoms with Crippen LogP contribution in [0.15, 0.2) is 78.2 Å². The Bertz CT molecular complexity index is 1110. The Morgan fingerprint density at radius 1 is 1.07 bits per heavy atom. The molecule has 6 nitrogen and oxygen atoms in total. The lowest BCUT2D eigenvalue weighted by atomic mass is 10.0. The van der Waals surface area contributed by atoms with Crippen molar-refractivity contribution >= 4 is 28.7 Å². The molecule has 0 fully saturated rings. The highest BCUT2D eigenvalue weighted by Crippen LogP contribution is 2.26. The van der Waals surface area contributed by atoms with Crippen molar-refractivity contribution in [2.45, 2.75) is 30.8 Å². The molecule has 4 aromatic rings. The number of nitrogens with one attached hydrogen (secondary N) is 1. The lowest BCUT2D eigenvalue weighted by Crippen LogP contribution is -2.29. The van der Waals surface area contributed by atoms with Crippen molar-refractivity contribution in [2.75, 3.05) is 5.75 Å². The maximum atomic E-state index is 12.6. The number of hydrogen-bond acceptors (Lipinski definition) is 5. The summed E-state index contributed by atoms with van der Waals surface area (Å²) >= 11 is 1.41. The van der Waals surface area contributed by atoms with Gasteiger partial charge < -0.3 is 5.32 Å². The zero-order valence-electron chi connectivity index (χ0n) is 16.7. The Kier molecular flexibility index (Phi) is 6.39. The molecule has 1 atom stereocenters. The van der Waals surface area contributed by atoms with E-state index in [-0.39, 0.29) is 17.7 Å². The van der Waals surface area contributed by atoms with Gasteiger partial charge in [-0.3, -0.25) is 4.79 Å². The van der Waals surface area contributed by atoms with Crippen LogP contribution in [0.25, 0.3) is 16.7 Å². The Morgan fingerprint density at radius 2 is 1.80 bits per heavy atom. The van der Waals surface area contributed by atoms with E-state index in [0.29, 0.717) is 0 Å². The minimum absolute atomic E-state index is 0.00971. The molecule has 4 rings (SSSR count). The second kappa shape index (κ2) is 9.54. The molecule has 0 spiro atoms. The van der Waals surface area contributed by atoms with E-state index in [4.69, 9.17) is 0 Å². The molecule has 0 bridgehead atoms. The molecule has 0 aliphatic carbocycles. The molecule has 0 unspecified atom stereocenters. The standard InChI is InChI=1S/C23H23N5OS/c1-2-9-20(17-10-5-3-6-11-17)27-21(29)15-30-23-19-14-26-28(22(19)24-16-25-23)18-12-7-4-8-13-18/h3-8,10-14,16,20H,2,9,15H2,1H3,(H,27,29)/t20-/m1/s1. The first-order valence-electron chi connectivity index (χ1n) is 9.97. The van der Waals surface area contributed by atoms with Crippen LogP contribution in [0.3, 0.4) is 0 Å². The molecule has 2 aromatic heterocycles. The van der Waals surface area contributed by atoms with Gasteiger partial charge in [0.1, 0.15) is 11.4 Å². The highest BCUT2D eigenvalue weighted by Gasteiger charge is 2.16. The maximum Gasteiger partial charge on any atom is 0.230 e. The van der Waals surface area contributed by atoms with Gasteiger partial charge >= 0.3 is 0 Å². The van der Waals surface area contributed by atoms with Gasteiger partial charge in [-0.2, -0.15) is 5.10 Å². The fourth-order valence-electron chi connectivity index (χ4n) is 3.36. The first-order valence-corrected chi connectivity index (χ1v) is 11.0. The molecule has 0 saturated carbocycles. The Hall–Kier alpha value is -3.19. The number of fused-ring (bicyclic) bond motifs is 1. The highest BCUT2D eigenvalue weighted by atomic mass is 32.2. The minimum Gasteiger partial charge on any atom is -0.349 e. The molecule has 7 heteroatoms. The number of para-hydroxylation sites is 1. The van der Waals surface area contributed by atoms with Crippen LogP contribution >= 0.6 is 11.8 Å². The number of amides is 1. The van der Waals surface area contributed by atoms with E-state index < -0.39 is 0 Å². The summed E-state index contributed by atoms with van der Waals surface area (Å²) < 4.78 is 1.79. The van der Waals surface area contributed by atoms with Gasteiger partial charge in [-0.25, -0.2) is 14.6 Å². The topological polar surface area (TPSA) is 72.7 Å². The molecule has 152 valence electrons. The van der Waals surface area contributed by atoms with Gasteiger partial charge in [0, 0.05) is 0 Å². The highest BCUT2D eigenvalue weighted by molar-refractivity contribution is 8.00. The summed E-state index contributed by atoms with van der Waals surface area (Å²) in [6, 6.07) is 20.0. The van der Waals surface area contributed by atoms with Crippen molar-refractivity contribution in [3.05, 3.63) is 78.8 Å². The van der Waals surface area contributed by atoms with E-state index in [0.717, 1.165) is 40.2 Å². The monoisotopic (exact) mass is 417 g/mol. The number of thioether (sulfide) groups is 1. The fourth-order valence-corrected chi connectivity index (χ4v) is 4.13. The smallest absolute Gasteiger partial charge is 0.230 e. The van der Waals surface area contributed by atoms with Crippen molar-refractivity contribution < 1.29 is 4.79 Å². The third kappa shape index (κ3) is 4.52. The minimum atomic E-state index is -0.00971. The first kappa shape index (κ1) is 20.1. The molecule has 2 aromatic carbocycles. The largest absolute Gasteiger partial charge is 0.349 e. The third-order valence-electron chi connectivity index (χ3n) is 4.78. The summed E-state index contributed by atoms with van der Waals surface area (Å²) in [6.07, 6.45) is 5.18. The summed E-state index contributed by atoms with van der Waals surface area (Å²) in [6.45, 7) is 2.12. The van der Waals surface area contributed by atoms with E-state index in [9.17, 15) is 4.79 Å². The normalized spacial score (nSPS) is 12.0. The number of carbonyl (C=O) groups excluding carboxylic acids is 1. The Balaban J connectivity index is 1.47. The molecule has 30 heavy (non-hydrogen) atoms. The first-order chi connectivity index (χ1) is 14.8. The van der Waals surface area contributed by atoms with E-state index in [1.54, 1.807) is 10.9 Å². The SMILES string of the molecule is CCC[C@@H](NC(=O)CSc1ncnc2c1cnn2-c1ccccc1)c1ccccc1. The van der Waals surface area contributed by atoms with Crippen LogP contribution in [0.2, 0.25) is 0 Å². The van der Waals surface area contributed by atoms with Gasteiger partial charge in [-0.15, -0.1) is 0 Å². The van der Waals surface area contributed by atoms with Gasteiger partial charge in [-0.1, -0.05) is 73.6 Å². The predicted octanol–water partition coefficient (Wildman–Crippen LogP) is 4.57. The molecular weight excluding hydrogens is 394 g/mol. The maximum absolute atomic E-state index is 12.6. The van der Waals surface area contributed by atoms with Crippen LogP contribution in [0, 0.1) is 0 Å². The van der Waals surface area contributed by atoms with Crippen molar-refractivity contribution in [3.63, 3.8) is 0 Å². The van der Waals surface area contributed by atoms with Gasteiger partial charge in [-0.05, 0) is 24.1 Å². The van der Waals surface area contributed by atoms with Crippen molar-refractivity contribution in [1.82, 2.24) is 25.1 Å². The second-order valence-corrected chi connectivity index (χ2v) is 7.88. The molecule has 1 N–H and O–H groups in total. The number of nitrogens with zero attached hydrogens (tertiary/aromatic N) is 4. The molecule has 0 aliphatic rings. The van der Waals surface area contributed by atoms with E-state index in [1.165, 1.54) is 18.1 Å². The number of rotatable bonds is 8. The number of aromatic nitrogens is 4.